The molecule has 0 heterocycles. The van der Waals surface area contributed by atoms with E-state index in [1.165, 1.54) is 25.1 Å². The van der Waals surface area contributed by atoms with Crippen molar-refractivity contribution < 1.29 is 22.7 Å². The summed E-state index contributed by atoms with van der Waals surface area (Å²) >= 11 is 0. The molecule has 2 nitrogen and oxygen atoms in total. The molecule has 1 atom stereocenters. The highest BCUT2D eigenvalue weighted by atomic mass is 19.4. The molecule has 0 saturated heterocycles. The van der Waals surface area contributed by atoms with Crippen LogP contribution in [0.4, 0.5) is 13.2 Å². The van der Waals surface area contributed by atoms with Crippen molar-refractivity contribution in [1.82, 2.24) is 0 Å². The number of esters is 1. The quantitative estimate of drug-likeness (QED) is 0.706. The van der Waals surface area contributed by atoms with Gasteiger partial charge in [0.25, 0.3) is 0 Å². The first-order valence-corrected chi connectivity index (χ1v) is 4.95. The lowest BCUT2D eigenvalue weighted by Gasteiger charge is -2.10. The number of carbonyl (C=O) groups is 1. The van der Waals surface area contributed by atoms with Crippen LogP contribution < -0.4 is 0 Å². The number of hydrogen-bond donors (Lipinski definition) is 0. The van der Waals surface area contributed by atoms with E-state index in [1.54, 1.807) is 6.07 Å². The fourth-order valence-electron chi connectivity index (χ4n) is 1.84. The summed E-state index contributed by atoms with van der Waals surface area (Å²) in [6, 6.07) is 6.04. The van der Waals surface area contributed by atoms with Gasteiger partial charge >= 0.3 is 12.1 Å². The Balaban J connectivity index is 2.46. The van der Waals surface area contributed by atoms with Gasteiger partial charge in [0, 0.05) is 12.5 Å². The monoisotopic (exact) mass is 242 g/mol. The van der Waals surface area contributed by atoms with Crippen LogP contribution >= 0.6 is 0 Å². The van der Waals surface area contributed by atoms with E-state index in [0.29, 0.717) is 5.56 Å². The second-order valence-electron chi connectivity index (χ2n) is 3.70. The molecular weight excluding hydrogens is 233 g/mol. The summed E-state index contributed by atoms with van der Waals surface area (Å²) in [6.07, 6.45) is -4.45. The second-order valence-corrected chi connectivity index (χ2v) is 3.70. The molecule has 0 aromatic heterocycles. The zero-order valence-corrected chi connectivity index (χ0v) is 8.91. The first kappa shape index (κ1) is 11.7. The van der Waals surface area contributed by atoms with E-state index >= 15 is 0 Å². The molecular formula is C12H9F3O2. The smallest absolute Gasteiger partial charge is 0.416 e. The molecule has 0 bridgehead atoms. The SMILES string of the molecule is CC(=O)OC1C=C(C(F)(F)F)c2ccccc21. The first-order chi connectivity index (χ1) is 7.89. The van der Waals surface area contributed by atoms with Gasteiger partial charge in [0.15, 0.2) is 0 Å². The number of rotatable bonds is 1. The van der Waals surface area contributed by atoms with E-state index in [4.69, 9.17) is 4.74 Å². The Bertz CT molecular complexity index is 489. The van der Waals surface area contributed by atoms with Gasteiger partial charge in [0.1, 0.15) is 6.10 Å². The van der Waals surface area contributed by atoms with Gasteiger partial charge in [-0.05, 0) is 11.6 Å². The Morgan fingerprint density at radius 1 is 1.29 bits per heavy atom. The molecule has 0 fully saturated rings. The molecule has 0 amide bonds. The maximum absolute atomic E-state index is 12.7. The average Bonchev–Trinajstić information content (AvgIpc) is 2.56. The zero-order chi connectivity index (χ0) is 12.6. The molecule has 2 rings (SSSR count). The Kier molecular flexibility index (Phi) is 2.69. The van der Waals surface area contributed by atoms with Crippen LogP contribution in [0.3, 0.4) is 0 Å². The van der Waals surface area contributed by atoms with E-state index in [2.05, 4.69) is 0 Å². The van der Waals surface area contributed by atoms with Crippen molar-refractivity contribution >= 4 is 11.5 Å². The predicted octanol–water partition coefficient (Wildman–Crippen LogP) is 3.25. The summed E-state index contributed by atoms with van der Waals surface area (Å²) in [5, 5.41) is 0. The summed E-state index contributed by atoms with van der Waals surface area (Å²) in [5.41, 5.74) is -0.305. The van der Waals surface area contributed by atoms with Crippen LogP contribution in [0.2, 0.25) is 0 Å². The van der Waals surface area contributed by atoms with Crippen LogP contribution in [0.1, 0.15) is 24.2 Å². The van der Waals surface area contributed by atoms with Gasteiger partial charge in [0.05, 0.1) is 5.57 Å². The third kappa shape index (κ3) is 2.18. The van der Waals surface area contributed by atoms with Crippen molar-refractivity contribution in [2.75, 3.05) is 0 Å². The minimum absolute atomic E-state index is 0.0752. The zero-order valence-electron chi connectivity index (χ0n) is 8.91. The fraction of sp³-hybridized carbons (Fsp3) is 0.250. The summed E-state index contributed by atoms with van der Waals surface area (Å²) < 4.78 is 43.1. The first-order valence-electron chi connectivity index (χ1n) is 4.95. The van der Waals surface area contributed by atoms with Crippen LogP contribution in [0.5, 0.6) is 0 Å². The Morgan fingerprint density at radius 2 is 1.94 bits per heavy atom. The van der Waals surface area contributed by atoms with E-state index in [9.17, 15) is 18.0 Å². The molecule has 17 heavy (non-hydrogen) atoms. The van der Waals surface area contributed by atoms with Gasteiger partial charge < -0.3 is 4.74 Å². The van der Waals surface area contributed by atoms with Gasteiger partial charge in [-0.3, -0.25) is 4.79 Å². The molecule has 0 saturated carbocycles. The van der Waals surface area contributed by atoms with Crippen molar-refractivity contribution in [1.29, 1.82) is 0 Å². The Morgan fingerprint density at radius 3 is 2.53 bits per heavy atom. The summed E-state index contributed by atoms with van der Waals surface area (Å²) in [7, 11) is 0. The van der Waals surface area contributed by atoms with Crippen LogP contribution in [0, 0.1) is 0 Å². The van der Waals surface area contributed by atoms with Crippen molar-refractivity contribution in [2.24, 2.45) is 0 Å². The predicted molar refractivity (Wildman–Crippen MR) is 55.0 cm³/mol. The average molecular weight is 242 g/mol. The second kappa shape index (κ2) is 3.91. The molecule has 1 aromatic carbocycles. The summed E-state index contributed by atoms with van der Waals surface area (Å²) in [5.74, 6) is -0.607. The van der Waals surface area contributed by atoms with Crippen molar-refractivity contribution in [3.63, 3.8) is 0 Å². The molecule has 5 heteroatoms. The van der Waals surface area contributed by atoms with E-state index in [-0.39, 0.29) is 5.56 Å². The van der Waals surface area contributed by atoms with Crippen molar-refractivity contribution in [3.05, 3.63) is 41.5 Å². The number of carbonyl (C=O) groups excluding carboxylic acids is 1. The molecule has 0 aliphatic heterocycles. The van der Waals surface area contributed by atoms with E-state index in [0.717, 1.165) is 6.08 Å². The molecule has 0 radical (unpaired) electrons. The van der Waals surface area contributed by atoms with Gasteiger partial charge in [-0.1, -0.05) is 24.3 Å². The highest BCUT2D eigenvalue weighted by molar-refractivity contribution is 5.78. The van der Waals surface area contributed by atoms with Crippen molar-refractivity contribution in [3.8, 4) is 0 Å². The number of hydrogen-bond acceptors (Lipinski definition) is 2. The third-order valence-electron chi connectivity index (χ3n) is 2.47. The number of halogens is 3. The van der Waals surface area contributed by atoms with Gasteiger partial charge in [-0.15, -0.1) is 0 Å². The van der Waals surface area contributed by atoms with Crippen LogP contribution in [-0.4, -0.2) is 12.1 Å². The van der Waals surface area contributed by atoms with Crippen LogP contribution in [-0.2, 0) is 9.53 Å². The molecule has 1 aliphatic carbocycles. The summed E-state index contributed by atoms with van der Waals surface area (Å²) in [6.45, 7) is 1.17. The lowest BCUT2D eigenvalue weighted by molar-refractivity contribution is -0.144. The number of allylic oxidation sites excluding steroid dienone is 1. The standard InChI is InChI=1S/C12H9F3O2/c1-7(16)17-11-6-10(12(13,14)15)8-4-2-3-5-9(8)11/h2-6,11H,1H3. The fourth-order valence-corrected chi connectivity index (χ4v) is 1.84. The molecule has 0 spiro atoms. The normalized spacial score (nSPS) is 18.6. The Hall–Kier alpha value is -1.78. The number of alkyl halides is 3. The molecule has 1 aliphatic rings. The largest absolute Gasteiger partial charge is 0.453 e. The van der Waals surface area contributed by atoms with E-state index in [1.807, 2.05) is 0 Å². The van der Waals surface area contributed by atoms with Gasteiger partial charge in [-0.25, -0.2) is 0 Å². The Labute approximate surface area is 95.7 Å². The van der Waals surface area contributed by atoms with Crippen LogP contribution in [0.15, 0.2) is 30.3 Å². The van der Waals surface area contributed by atoms with Crippen LogP contribution in [0.25, 0.3) is 5.57 Å². The number of benzene rings is 1. The summed E-state index contributed by atoms with van der Waals surface area (Å²) in [4.78, 5) is 10.8. The topological polar surface area (TPSA) is 26.3 Å². The molecule has 1 aromatic rings. The number of fused-ring (bicyclic) bond motifs is 1. The number of ether oxygens (including phenoxy) is 1. The van der Waals surface area contributed by atoms with Crippen molar-refractivity contribution in [2.45, 2.75) is 19.2 Å². The lowest BCUT2D eigenvalue weighted by Crippen LogP contribution is -2.09. The van der Waals surface area contributed by atoms with Gasteiger partial charge in [-0.2, -0.15) is 13.2 Å². The molecule has 1 unspecified atom stereocenters. The highest BCUT2D eigenvalue weighted by Gasteiger charge is 2.41. The minimum Gasteiger partial charge on any atom is -0.453 e. The van der Waals surface area contributed by atoms with Gasteiger partial charge in [0.2, 0.25) is 0 Å². The minimum atomic E-state index is -4.44. The highest BCUT2D eigenvalue weighted by Crippen LogP contribution is 2.44. The van der Waals surface area contributed by atoms with E-state index < -0.39 is 23.8 Å². The maximum Gasteiger partial charge on any atom is 0.416 e. The maximum atomic E-state index is 12.7. The lowest BCUT2D eigenvalue weighted by atomic mass is 10.1. The third-order valence-corrected chi connectivity index (χ3v) is 2.47. The molecule has 0 N–H and O–H groups in total. The molecule has 90 valence electrons.